The van der Waals surface area contributed by atoms with E-state index < -0.39 is 23.7 Å². The van der Waals surface area contributed by atoms with E-state index in [0.29, 0.717) is 19.5 Å². The van der Waals surface area contributed by atoms with Crippen LogP contribution in [-0.4, -0.2) is 59.3 Å². The van der Waals surface area contributed by atoms with Gasteiger partial charge in [-0.15, -0.1) is 0 Å². The number of ether oxygens (including phenoxy) is 1. The molecule has 1 unspecified atom stereocenters. The van der Waals surface area contributed by atoms with E-state index in [1.54, 1.807) is 25.7 Å². The van der Waals surface area contributed by atoms with Gasteiger partial charge < -0.3 is 25.8 Å². The standard InChI is InChI=1S/C14H25N3O5/c1-14(2,3)22-13(21)16-10(12(19)20)4-5-17-8-9(7-15)6-11(17)18/h9-10H,4-8,15H2,1-3H3,(H,16,21)(H,19,20)/t9?,10-/m0/s1. The predicted molar refractivity (Wildman–Crippen MR) is 79.2 cm³/mol. The van der Waals surface area contributed by atoms with E-state index in [2.05, 4.69) is 5.32 Å². The molecule has 0 aromatic carbocycles. The van der Waals surface area contributed by atoms with Gasteiger partial charge in [0.2, 0.25) is 5.91 Å². The first-order chi connectivity index (χ1) is 10.1. The summed E-state index contributed by atoms with van der Waals surface area (Å²) >= 11 is 0. The van der Waals surface area contributed by atoms with E-state index in [1.165, 1.54) is 0 Å². The Morgan fingerprint density at radius 1 is 1.50 bits per heavy atom. The summed E-state index contributed by atoms with van der Waals surface area (Å²) < 4.78 is 5.04. The number of hydrogen-bond donors (Lipinski definition) is 3. The monoisotopic (exact) mass is 315 g/mol. The Kier molecular flexibility index (Phi) is 6.16. The van der Waals surface area contributed by atoms with Crippen molar-refractivity contribution < 1.29 is 24.2 Å². The lowest BCUT2D eigenvalue weighted by molar-refractivity contribution is -0.140. The molecule has 1 aliphatic heterocycles. The summed E-state index contributed by atoms with van der Waals surface area (Å²) in [6, 6.07) is -1.10. The second-order valence-electron chi connectivity index (χ2n) is 6.47. The van der Waals surface area contributed by atoms with Crippen LogP contribution in [0.4, 0.5) is 4.79 Å². The first-order valence-corrected chi connectivity index (χ1v) is 7.32. The summed E-state index contributed by atoms with van der Waals surface area (Å²) in [5.74, 6) is -1.07. The average molecular weight is 315 g/mol. The molecule has 0 spiro atoms. The zero-order valence-corrected chi connectivity index (χ0v) is 13.3. The molecule has 0 saturated carbocycles. The first-order valence-electron chi connectivity index (χ1n) is 7.32. The third kappa shape index (κ3) is 5.88. The minimum absolute atomic E-state index is 0.0307. The first kappa shape index (κ1) is 18.2. The number of aliphatic carboxylic acids is 1. The molecule has 1 aliphatic rings. The topological polar surface area (TPSA) is 122 Å². The van der Waals surface area contributed by atoms with Crippen LogP contribution in [0, 0.1) is 5.92 Å². The summed E-state index contributed by atoms with van der Waals surface area (Å²) in [7, 11) is 0. The minimum Gasteiger partial charge on any atom is -0.480 e. The van der Waals surface area contributed by atoms with Crippen molar-refractivity contribution in [2.45, 2.75) is 45.3 Å². The van der Waals surface area contributed by atoms with E-state index in [0.717, 1.165) is 0 Å². The normalized spacial score (nSPS) is 19.9. The van der Waals surface area contributed by atoms with E-state index in [9.17, 15) is 14.4 Å². The summed E-state index contributed by atoms with van der Waals surface area (Å²) in [4.78, 5) is 36.2. The molecule has 126 valence electrons. The number of carboxylic acids is 1. The van der Waals surface area contributed by atoms with Crippen molar-refractivity contribution in [2.75, 3.05) is 19.6 Å². The number of nitrogens with zero attached hydrogens (tertiary/aromatic N) is 1. The van der Waals surface area contributed by atoms with Gasteiger partial charge in [-0.25, -0.2) is 9.59 Å². The molecule has 2 atom stereocenters. The van der Waals surface area contributed by atoms with Crippen LogP contribution in [0.5, 0.6) is 0 Å². The fourth-order valence-corrected chi connectivity index (χ4v) is 2.22. The smallest absolute Gasteiger partial charge is 0.408 e. The Labute approximate surface area is 130 Å². The summed E-state index contributed by atoms with van der Waals surface area (Å²) in [5, 5.41) is 11.5. The van der Waals surface area contributed by atoms with Gasteiger partial charge in [-0.1, -0.05) is 0 Å². The number of nitrogens with two attached hydrogens (primary N) is 1. The van der Waals surface area contributed by atoms with Gasteiger partial charge in [0.25, 0.3) is 0 Å². The number of hydrogen-bond acceptors (Lipinski definition) is 5. The Bertz CT molecular complexity index is 433. The average Bonchev–Trinajstić information content (AvgIpc) is 2.72. The van der Waals surface area contributed by atoms with Gasteiger partial charge in [-0.2, -0.15) is 0 Å². The van der Waals surface area contributed by atoms with Crippen LogP contribution in [0.15, 0.2) is 0 Å². The van der Waals surface area contributed by atoms with Crippen molar-refractivity contribution in [1.29, 1.82) is 0 Å². The number of amides is 2. The molecule has 2 amide bonds. The van der Waals surface area contributed by atoms with Gasteiger partial charge in [-0.3, -0.25) is 4.79 Å². The van der Waals surface area contributed by atoms with Crippen molar-refractivity contribution in [2.24, 2.45) is 11.7 Å². The zero-order valence-electron chi connectivity index (χ0n) is 13.3. The van der Waals surface area contributed by atoms with Crippen molar-refractivity contribution in [3.05, 3.63) is 0 Å². The van der Waals surface area contributed by atoms with Gasteiger partial charge in [0.05, 0.1) is 0 Å². The maximum Gasteiger partial charge on any atom is 0.408 e. The summed E-state index contributed by atoms with van der Waals surface area (Å²) in [5.41, 5.74) is 4.84. The molecule has 1 heterocycles. The summed E-state index contributed by atoms with van der Waals surface area (Å²) in [6.45, 7) is 6.31. The number of carbonyl (C=O) groups is 3. The third-order valence-electron chi connectivity index (χ3n) is 3.30. The molecule has 4 N–H and O–H groups in total. The van der Waals surface area contributed by atoms with E-state index >= 15 is 0 Å². The van der Waals surface area contributed by atoms with E-state index in [1.807, 2.05) is 0 Å². The van der Waals surface area contributed by atoms with Crippen molar-refractivity contribution in [3.63, 3.8) is 0 Å². The Hall–Kier alpha value is -1.83. The fourth-order valence-electron chi connectivity index (χ4n) is 2.22. The molecule has 22 heavy (non-hydrogen) atoms. The van der Waals surface area contributed by atoms with Gasteiger partial charge in [0.1, 0.15) is 11.6 Å². The number of alkyl carbamates (subject to hydrolysis) is 1. The quantitative estimate of drug-likeness (QED) is 0.642. The van der Waals surface area contributed by atoms with Crippen LogP contribution < -0.4 is 11.1 Å². The van der Waals surface area contributed by atoms with Crippen molar-refractivity contribution >= 4 is 18.0 Å². The van der Waals surface area contributed by atoms with Gasteiger partial charge in [-0.05, 0) is 39.7 Å². The molecular formula is C14H25N3O5. The molecule has 0 radical (unpaired) electrons. The van der Waals surface area contributed by atoms with Crippen molar-refractivity contribution in [3.8, 4) is 0 Å². The molecule has 8 nitrogen and oxygen atoms in total. The fraction of sp³-hybridized carbons (Fsp3) is 0.786. The van der Waals surface area contributed by atoms with E-state index in [-0.39, 0.29) is 24.8 Å². The molecule has 8 heteroatoms. The second kappa shape index (κ2) is 7.44. The largest absolute Gasteiger partial charge is 0.480 e. The molecule has 0 aromatic rings. The van der Waals surface area contributed by atoms with Crippen molar-refractivity contribution in [1.82, 2.24) is 10.2 Å². The molecule has 0 aliphatic carbocycles. The third-order valence-corrected chi connectivity index (χ3v) is 3.30. The SMILES string of the molecule is CC(C)(C)OC(=O)N[C@@H](CCN1CC(CN)CC1=O)C(=O)O. The van der Waals surface area contributed by atoms with E-state index in [4.69, 9.17) is 15.6 Å². The van der Waals surface area contributed by atoms with Crippen LogP contribution in [-0.2, 0) is 14.3 Å². The number of rotatable bonds is 6. The molecule has 0 bridgehead atoms. The van der Waals surface area contributed by atoms with Gasteiger partial charge in [0, 0.05) is 19.5 Å². The highest BCUT2D eigenvalue weighted by atomic mass is 16.6. The van der Waals surface area contributed by atoms with Crippen LogP contribution in [0.25, 0.3) is 0 Å². The molecule has 0 aromatic heterocycles. The highest BCUT2D eigenvalue weighted by Crippen LogP contribution is 2.17. The molecule has 1 fully saturated rings. The highest BCUT2D eigenvalue weighted by Gasteiger charge is 2.30. The number of carbonyl (C=O) groups excluding carboxylic acids is 2. The maximum absolute atomic E-state index is 11.7. The number of nitrogens with one attached hydrogen (secondary N) is 1. The van der Waals surface area contributed by atoms with Crippen LogP contribution in [0.3, 0.4) is 0 Å². The zero-order chi connectivity index (χ0) is 16.9. The lowest BCUT2D eigenvalue weighted by Gasteiger charge is -2.23. The lowest BCUT2D eigenvalue weighted by Crippen LogP contribution is -2.45. The van der Waals surface area contributed by atoms with Crippen LogP contribution in [0.1, 0.15) is 33.6 Å². The molecule has 1 saturated heterocycles. The Morgan fingerprint density at radius 3 is 2.59 bits per heavy atom. The van der Waals surface area contributed by atoms with Crippen LogP contribution >= 0.6 is 0 Å². The summed E-state index contributed by atoms with van der Waals surface area (Å²) in [6.07, 6.45) is -0.266. The molecule has 1 rings (SSSR count). The Balaban J connectivity index is 2.50. The number of likely N-dealkylation sites (tertiary alicyclic amines) is 1. The number of carboxylic acid groups (broad SMARTS) is 1. The van der Waals surface area contributed by atoms with Gasteiger partial charge in [0.15, 0.2) is 0 Å². The lowest BCUT2D eigenvalue weighted by atomic mass is 10.1. The predicted octanol–water partition coefficient (Wildman–Crippen LogP) is 0.162. The second-order valence-corrected chi connectivity index (χ2v) is 6.47. The van der Waals surface area contributed by atoms with Gasteiger partial charge >= 0.3 is 12.1 Å². The highest BCUT2D eigenvalue weighted by molar-refractivity contribution is 5.81. The minimum atomic E-state index is -1.16. The van der Waals surface area contributed by atoms with Crippen LogP contribution in [0.2, 0.25) is 0 Å². The maximum atomic E-state index is 11.7. The Morgan fingerprint density at radius 2 is 2.14 bits per heavy atom. The molecular weight excluding hydrogens is 290 g/mol.